The van der Waals surface area contributed by atoms with Crippen molar-refractivity contribution >= 4 is 11.4 Å². The van der Waals surface area contributed by atoms with Crippen LogP contribution in [0.2, 0.25) is 0 Å². The van der Waals surface area contributed by atoms with Crippen LogP contribution in [-0.4, -0.2) is 10.7 Å². The molecule has 0 fully saturated rings. The lowest BCUT2D eigenvalue weighted by Gasteiger charge is -1.87. The van der Waals surface area contributed by atoms with Crippen molar-refractivity contribution in [2.24, 2.45) is 4.99 Å². The topological polar surface area (TPSA) is 38.4 Å². The molecule has 2 heterocycles. The Morgan fingerprint density at radius 3 is 3.00 bits per heavy atom. The van der Waals surface area contributed by atoms with Crippen molar-refractivity contribution in [1.82, 2.24) is 4.98 Å². The molecule has 0 aliphatic carbocycles. The van der Waals surface area contributed by atoms with Gasteiger partial charge in [0.1, 0.15) is 0 Å². The monoisotopic (exact) mass is 188 g/mol. The largest absolute Gasteiger partial charge is 0.451 e. The predicted octanol–water partition coefficient (Wildman–Crippen LogP) is 2.76. The first kappa shape index (κ1) is 8.94. The Morgan fingerprint density at radius 2 is 2.14 bits per heavy atom. The molecule has 1 aliphatic rings. The third kappa shape index (κ3) is 1.82. The summed E-state index contributed by atoms with van der Waals surface area (Å²) in [6.45, 7) is 3.84. The van der Waals surface area contributed by atoms with Gasteiger partial charge in [-0.05, 0) is 24.6 Å². The number of fused-ring (bicyclic) bond motifs is 1. The van der Waals surface area contributed by atoms with Crippen molar-refractivity contribution in [3.05, 3.63) is 36.0 Å². The van der Waals surface area contributed by atoms with Crippen LogP contribution < -0.4 is 0 Å². The third-order valence-corrected chi connectivity index (χ3v) is 2.08. The molecule has 1 aliphatic heterocycles. The van der Waals surface area contributed by atoms with Crippen molar-refractivity contribution in [2.75, 3.05) is 0 Å². The quantitative estimate of drug-likeness (QED) is 0.627. The van der Waals surface area contributed by atoms with E-state index in [-0.39, 0.29) is 0 Å². The van der Waals surface area contributed by atoms with E-state index < -0.39 is 0 Å². The lowest BCUT2D eigenvalue weighted by Crippen LogP contribution is -1.87. The van der Waals surface area contributed by atoms with Gasteiger partial charge in [-0.1, -0.05) is 0 Å². The van der Waals surface area contributed by atoms with E-state index in [0.29, 0.717) is 5.89 Å². The van der Waals surface area contributed by atoms with Gasteiger partial charge in [0.05, 0.1) is 12.0 Å². The lowest BCUT2D eigenvalue weighted by molar-refractivity contribution is 0.498. The zero-order chi connectivity index (χ0) is 9.97. The van der Waals surface area contributed by atoms with E-state index in [1.807, 2.05) is 26.0 Å². The normalized spacial score (nSPS) is 13.1. The molecule has 1 aromatic heterocycles. The molecule has 72 valence electrons. The average Bonchev–Trinajstić information content (AvgIpc) is 2.48. The first-order chi connectivity index (χ1) is 6.75. The summed E-state index contributed by atoms with van der Waals surface area (Å²) >= 11 is 0. The van der Waals surface area contributed by atoms with Gasteiger partial charge in [0.2, 0.25) is 0 Å². The number of aliphatic imine (C=N–C) groups is 1. The van der Waals surface area contributed by atoms with Gasteiger partial charge in [-0.15, -0.1) is 0 Å². The number of nitrogens with zero attached hydrogens (tertiary/aromatic N) is 2. The standard InChI is InChI=1S/C11H12N2O/c1-8-7-10-4-6-14-9(2)12-5-3-11(10)13-8/h3-6H,7H2,1-2H3. The average molecular weight is 188 g/mol. The maximum absolute atomic E-state index is 5.24. The maximum Gasteiger partial charge on any atom is 0.190 e. The van der Waals surface area contributed by atoms with Crippen LogP contribution >= 0.6 is 0 Å². The summed E-state index contributed by atoms with van der Waals surface area (Å²) in [6, 6.07) is 3.86. The van der Waals surface area contributed by atoms with E-state index in [4.69, 9.17) is 4.42 Å². The van der Waals surface area contributed by atoms with Crippen LogP contribution in [0.4, 0.5) is 5.69 Å². The van der Waals surface area contributed by atoms with Crippen molar-refractivity contribution in [1.29, 1.82) is 0 Å². The molecule has 0 unspecified atom stereocenters. The highest BCUT2D eigenvalue weighted by Crippen LogP contribution is 2.23. The Morgan fingerprint density at radius 1 is 1.29 bits per heavy atom. The number of rotatable bonds is 0. The Hall–Kier alpha value is -1.64. The highest BCUT2D eigenvalue weighted by molar-refractivity contribution is 5.91. The zero-order valence-corrected chi connectivity index (χ0v) is 8.32. The first-order valence-corrected chi connectivity index (χ1v) is 4.57. The van der Waals surface area contributed by atoms with Crippen LogP contribution in [0, 0.1) is 6.92 Å². The van der Waals surface area contributed by atoms with Gasteiger partial charge in [-0.3, -0.25) is 4.99 Å². The maximum atomic E-state index is 5.24. The summed E-state index contributed by atoms with van der Waals surface area (Å²) in [5, 5.41) is 0. The fourth-order valence-electron chi connectivity index (χ4n) is 1.43. The molecular weight excluding hydrogens is 176 g/mol. The molecular formula is C11H12N2O. The molecule has 1 aromatic rings. The second kappa shape index (κ2) is 3.62. The summed E-state index contributed by atoms with van der Waals surface area (Å²) in [4.78, 5) is 8.50. The smallest absolute Gasteiger partial charge is 0.190 e. The van der Waals surface area contributed by atoms with E-state index in [9.17, 15) is 0 Å². The molecule has 0 aromatic carbocycles. The summed E-state index contributed by atoms with van der Waals surface area (Å²) in [5.41, 5.74) is 3.30. The minimum atomic E-state index is 0.638. The van der Waals surface area contributed by atoms with Gasteiger partial charge < -0.3 is 4.42 Å². The molecule has 0 spiro atoms. The summed E-state index contributed by atoms with van der Waals surface area (Å²) in [5.74, 6) is 0.638. The van der Waals surface area contributed by atoms with E-state index in [1.165, 1.54) is 5.56 Å². The molecule has 0 saturated heterocycles. The van der Waals surface area contributed by atoms with E-state index in [1.54, 1.807) is 12.5 Å². The SMILES string of the molecule is CC1=Nc2ccnc(C)occc2C1. The highest BCUT2D eigenvalue weighted by Gasteiger charge is 2.07. The summed E-state index contributed by atoms with van der Waals surface area (Å²) < 4.78 is 5.24. The Balaban J connectivity index is 2.58. The van der Waals surface area contributed by atoms with E-state index >= 15 is 0 Å². The molecule has 2 rings (SSSR count). The Kier molecular flexibility index (Phi) is 2.31. The van der Waals surface area contributed by atoms with Crippen LogP contribution in [-0.2, 0) is 6.42 Å². The molecule has 0 N–H and O–H groups in total. The van der Waals surface area contributed by atoms with E-state index in [2.05, 4.69) is 9.98 Å². The Labute approximate surface area is 82.8 Å². The summed E-state index contributed by atoms with van der Waals surface area (Å²) in [7, 11) is 0. The highest BCUT2D eigenvalue weighted by atomic mass is 16.3. The van der Waals surface area contributed by atoms with Gasteiger partial charge in [0.15, 0.2) is 5.89 Å². The van der Waals surface area contributed by atoms with Gasteiger partial charge >= 0.3 is 0 Å². The molecule has 14 heavy (non-hydrogen) atoms. The number of hydrogen-bond acceptors (Lipinski definition) is 3. The number of hydrogen-bond donors (Lipinski definition) is 0. The van der Waals surface area contributed by atoms with Crippen LogP contribution in [0.5, 0.6) is 0 Å². The van der Waals surface area contributed by atoms with Crippen molar-refractivity contribution < 1.29 is 4.42 Å². The van der Waals surface area contributed by atoms with Crippen LogP contribution in [0.15, 0.2) is 34.0 Å². The van der Waals surface area contributed by atoms with Crippen LogP contribution in [0.25, 0.3) is 0 Å². The lowest BCUT2D eigenvalue weighted by atomic mass is 10.2. The molecule has 0 radical (unpaired) electrons. The molecule has 0 amide bonds. The Bertz CT molecular complexity index is 431. The molecule has 0 bridgehead atoms. The van der Waals surface area contributed by atoms with Gasteiger partial charge in [0, 0.05) is 25.3 Å². The zero-order valence-electron chi connectivity index (χ0n) is 8.32. The minimum Gasteiger partial charge on any atom is -0.451 e. The second-order valence-electron chi connectivity index (χ2n) is 3.32. The van der Waals surface area contributed by atoms with Crippen molar-refractivity contribution in [2.45, 2.75) is 20.3 Å². The van der Waals surface area contributed by atoms with Gasteiger partial charge in [-0.2, -0.15) is 0 Å². The first-order valence-electron chi connectivity index (χ1n) is 4.57. The second-order valence-corrected chi connectivity index (χ2v) is 3.32. The van der Waals surface area contributed by atoms with Crippen LogP contribution in [0.3, 0.4) is 0 Å². The predicted molar refractivity (Wildman–Crippen MR) is 55.3 cm³/mol. The fourth-order valence-corrected chi connectivity index (χ4v) is 1.43. The molecule has 0 atom stereocenters. The molecule has 0 saturated carbocycles. The van der Waals surface area contributed by atoms with Gasteiger partial charge in [0.25, 0.3) is 0 Å². The third-order valence-electron chi connectivity index (χ3n) is 2.08. The van der Waals surface area contributed by atoms with E-state index in [0.717, 1.165) is 17.8 Å². The molecule has 3 heteroatoms. The number of aromatic nitrogens is 1. The minimum absolute atomic E-state index is 0.638. The van der Waals surface area contributed by atoms with Crippen LogP contribution in [0.1, 0.15) is 18.4 Å². The number of aryl methyl sites for hydroxylation is 1. The molecule has 3 nitrogen and oxygen atoms in total. The van der Waals surface area contributed by atoms with Gasteiger partial charge in [-0.25, -0.2) is 4.98 Å². The fraction of sp³-hybridized carbons (Fsp3) is 0.273. The summed E-state index contributed by atoms with van der Waals surface area (Å²) in [6.07, 6.45) is 4.29. The van der Waals surface area contributed by atoms with Crippen molar-refractivity contribution in [3.8, 4) is 0 Å². The van der Waals surface area contributed by atoms with Crippen molar-refractivity contribution in [3.63, 3.8) is 0 Å².